The smallest absolute Gasteiger partial charge is 0.269 e. The molecule has 4 rings (SSSR count). The second kappa shape index (κ2) is 8.51. The highest BCUT2D eigenvalue weighted by atomic mass is 32.2. The summed E-state index contributed by atoms with van der Waals surface area (Å²) in [6.45, 7) is 3.77. The van der Waals surface area contributed by atoms with Gasteiger partial charge in [0.05, 0.1) is 5.25 Å². The molecule has 0 spiro atoms. The van der Waals surface area contributed by atoms with Crippen LogP contribution >= 0.6 is 23.1 Å². The number of nitrogens with one attached hydrogen (secondary N) is 2. The molecule has 0 radical (unpaired) electrons. The van der Waals surface area contributed by atoms with Gasteiger partial charge in [-0.25, -0.2) is 9.97 Å². The Kier molecular flexibility index (Phi) is 5.82. The number of hydrazine groups is 1. The molecule has 0 unspecified atom stereocenters. The number of hydrogen-bond acceptors (Lipinski definition) is 6. The number of aryl methyl sites for hydroxylation is 3. The van der Waals surface area contributed by atoms with Crippen molar-refractivity contribution >= 4 is 45.1 Å². The number of benzene rings is 1. The monoisotopic (exact) mass is 426 g/mol. The second-order valence-electron chi connectivity index (χ2n) is 7.14. The molecule has 8 heteroatoms. The molecule has 3 aromatic rings. The van der Waals surface area contributed by atoms with Crippen molar-refractivity contribution in [1.29, 1.82) is 0 Å². The van der Waals surface area contributed by atoms with Crippen LogP contribution in [0, 0.1) is 6.92 Å². The Morgan fingerprint density at radius 2 is 1.86 bits per heavy atom. The summed E-state index contributed by atoms with van der Waals surface area (Å²) in [7, 11) is 0. The molecule has 0 saturated carbocycles. The molecule has 2 aromatic heterocycles. The summed E-state index contributed by atoms with van der Waals surface area (Å²) in [5, 5.41) is 1.52. The van der Waals surface area contributed by atoms with E-state index in [0.717, 1.165) is 33.6 Å². The number of thiophene rings is 1. The van der Waals surface area contributed by atoms with Crippen molar-refractivity contribution < 1.29 is 9.59 Å². The van der Waals surface area contributed by atoms with E-state index < -0.39 is 5.25 Å². The summed E-state index contributed by atoms with van der Waals surface area (Å²) in [6.07, 6.45) is 6.11. The molecule has 1 aromatic carbocycles. The molecule has 6 nitrogen and oxygen atoms in total. The molecule has 1 atom stereocenters. The van der Waals surface area contributed by atoms with E-state index in [1.807, 2.05) is 26.0 Å². The molecule has 2 N–H and O–H groups in total. The minimum Gasteiger partial charge on any atom is -0.272 e. The second-order valence-corrected chi connectivity index (χ2v) is 9.55. The van der Waals surface area contributed by atoms with Crippen molar-refractivity contribution in [2.75, 3.05) is 0 Å². The summed E-state index contributed by atoms with van der Waals surface area (Å²) in [4.78, 5) is 36.0. The van der Waals surface area contributed by atoms with Gasteiger partial charge in [0.15, 0.2) is 0 Å². The van der Waals surface area contributed by atoms with E-state index in [9.17, 15) is 9.59 Å². The summed E-state index contributed by atoms with van der Waals surface area (Å²) in [5.41, 5.74) is 7.92. The molecule has 1 aliphatic carbocycles. The highest BCUT2D eigenvalue weighted by molar-refractivity contribution is 8.00. The standard InChI is InChI=1S/C21H22N4O2S2/c1-12-7-9-14(10-8-12)19(27)25-24-18(26)13(2)28-20-17-15-5-3-4-6-16(15)29-21(17)23-11-22-20/h7-11,13H,3-6H2,1-2H3,(H,24,26)(H,25,27)/t13-/m1/s1. The average molecular weight is 427 g/mol. The van der Waals surface area contributed by atoms with Gasteiger partial charge >= 0.3 is 0 Å². The van der Waals surface area contributed by atoms with Gasteiger partial charge in [0.1, 0.15) is 16.2 Å². The molecule has 0 fully saturated rings. The van der Waals surface area contributed by atoms with E-state index in [2.05, 4.69) is 20.8 Å². The molecule has 150 valence electrons. The van der Waals surface area contributed by atoms with Gasteiger partial charge in [-0.05, 0) is 57.2 Å². The predicted octanol–water partition coefficient (Wildman–Crippen LogP) is 3.82. The number of rotatable bonds is 4. The third-order valence-corrected chi connectivity index (χ3v) is 7.29. The van der Waals surface area contributed by atoms with Crippen LogP contribution in [-0.2, 0) is 17.6 Å². The van der Waals surface area contributed by atoms with Crippen LogP contribution in [0.2, 0.25) is 0 Å². The number of thioether (sulfide) groups is 1. The molecule has 2 amide bonds. The first-order valence-corrected chi connectivity index (χ1v) is 11.3. The normalized spacial score (nSPS) is 14.3. The summed E-state index contributed by atoms with van der Waals surface area (Å²) in [5.74, 6) is -0.613. The third kappa shape index (κ3) is 4.28. The Balaban J connectivity index is 1.43. The van der Waals surface area contributed by atoms with Crippen LogP contribution in [0.4, 0.5) is 0 Å². The van der Waals surface area contributed by atoms with Crippen LogP contribution in [0.1, 0.15) is 46.1 Å². The SMILES string of the molecule is Cc1ccc(C(=O)NNC(=O)[C@@H](C)Sc2ncnc3sc4c(c23)CCCC4)cc1. The van der Waals surface area contributed by atoms with Crippen LogP contribution in [0.15, 0.2) is 35.6 Å². The molecule has 1 aliphatic rings. The van der Waals surface area contributed by atoms with Gasteiger partial charge in [-0.15, -0.1) is 11.3 Å². The van der Waals surface area contributed by atoms with Crippen molar-refractivity contribution in [3.05, 3.63) is 52.2 Å². The number of hydrogen-bond donors (Lipinski definition) is 2. The lowest BCUT2D eigenvalue weighted by molar-refractivity contribution is -0.121. The lowest BCUT2D eigenvalue weighted by Crippen LogP contribution is -2.44. The zero-order chi connectivity index (χ0) is 20.4. The Morgan fingerprint density at radius 1 is 1.10 bits per heavy atom. The van der Waals surface area contributed by atoms with E-state index in [0.29, 0.717) is 5.56 Å². The van der Waals surface area contributed by atoms with E-state index in [1.165, 1.54) is 35.0 Å². The minimum absolute atomic E-state index is 0.272. The predicted molar refractivity (Wildman–Crippen MR) is 116 cm³/mol. The van der Waals surface area contributed by atoms with E-state index in [-0.39, 0.29) is 11.8 Å². The summed E-state index contributed by atoms with van der Waals surface area (Å²) >= 11 is 3.14. The highest BCUT2D eigenvalue weighted by Gasteiger charge is 2.23. The molecular formula is C21H22N4O2S2. The van der Waals surface area contributed by atoms with Crippen molar-refractivity contribution in [1.82, 2.24) is 20.8 Å². The van der Waals surface area contributed by atoms with Crippen LogP contribution in [0.3, 0.4) is 0 Å². The molecule has 2 heterocycles. The fourth-order valence-electron chi connectivity index (χ4n) is 3.37. The zero-order valence-corrected chi connectivity index (χ0v) is 18.0. The molecule has 0 saturated heterocycles. The molecule has 0 aliphatic heterocycles. The van der Waals surface area contributed by atoms with Crippen LogP contribution in [0.25, 0.3) is 10.2 Å². The van der Waals surface area contributed by atoms with E-state index in [4.69, 9.17) is 0 Å². The maximum absolute atomic E-state index is 12.5. The topological polar surface area (TPSA) is 84.0 Å². The average Bonchev–Trinajstić information content (AvgIpc) is 3.11. The van der Waals surface area contributed by atoms with Gasteiger partial charge in [0.25, 0.3) is 11.8 Å². The van der Waals surface area contributed by atoms with Crippen molar-refractivity contribution in [2.24, 2.45) is 0 Å². The summed E-state index contributed by atoms with van der Waals surface area (Å²) in [6, 6.07) is 7.17. The van der Waals surface area contributed by atoms with Gasteiger partial charge in [0.2, 0.25) is 0 Å². The first-order valence-electron chi connectivity index (χ1n) is 9.61. The van der Waals surface area contributed by atoms with Gasteiger partial charge in [-0.3, -0.25) is 20.4 Å². The third-order valence-electron chi connectivity index (χ3n) is 4.99. The minimum atomic E-state index is -0.412. The van der Waals surface area contributed by atoms with Crippen molar-refractivity contribution in [2.45, 2.75) is 49.8 Å². The lowest BCUT2D eigenvalue weighted by atomic mass is 9.97. The van der Waals surface area contributed by atoms with E-state index >= 15 is 0 Å². The number of carbonyl (C=O) groups excluding carboxylic acids is 2. The summed E-state index contributed by atoms with van der Waals surface area (Å²) < 4.78 is 0. The number of aromatic nitrogens is 2. The first-order chi connectivity index (χ1) is 14.0. The first kappa shape index (κ1) is 19.8. The Labute approximate surface area is 177 Å². The number of carbonyl (C=O) groups is 2. The maximum atomic E-state index is 12.5. The zero-order valence-electron chi connectivity index (χ0n) is 16.3. The van der Waals surface area contributed by atoms with E-state index in [1.54, 1.807) is 29.8 Å². The lowest BCUT2D eigenvalue weighted by Gasteiger charge is -2.14. The highest BCUT2D eigenvalue weighted by Crippen LogP contribution is 2.40. The maximum Gasteiger partial charge on any atom is 0.269 e. The molecule has 0 bridgehead atoms. The van der Waals surface area contributed by atoms with Crippen molar-refractivity contribution in [3.63, 3.8) is 0 Å². The van der Waals surface area contributed by atoms with Gasteiger partial charge in [0, 0.05) is 15.8 Å². The van der Waals surface area contributed by atoms with Gasteiger partial charge in [-0.1, -0.05) is 29.5 Å². The Hall–Kier alpha value is -2.45. The molecule has 29 heavy (non-hydrogen) atoms. The number of nitrogens with zero attached hydrogens (tertiary/aromatic N) is 2. The number of fused-ring (bicyclic) bond motifs is 3. The van der Waals surface area contributed by atoms with Crippen LogP contribution in [-0.4, -0.2) is 27.0 Å². The number of amides is 2. The Morgan fingerprint density at radius 3 is 2.66 bits per heavy atom. The Bertz CT molecular complexity index is 1060. The fraction of sp³-hybridized carbons (Fsp3) is 0.333. The van der Waals surface area contributed by atoms with Gasteiger partial charge in [-0.2, -0.15) is 0 Å². The quantitative estimate of drug-likeness (QED) is 0.376. The van der Waals surface area contributed by atoms with Crippen LogP contribution in [0.5, 0.6) is 0 Å². The fourth-order valence-corrected chi connectivity index (χ4v) is 5.61. The molecular weight excluding hydrogens is 404 g/mol. The van der Waals surface area contributed by atoms with Gasteiger partial charge < -0.3 is 0 Å². The largest absolute Gasteiger partial charge is 0.272 e. The van der Waals surface area contributed by atoms with Crippen LogP contribution < -0.4 is 10.9 Å². The van der Waals surface area contributed by atoms with Crippen molar-refractivity contribution in [3.8, 4) is 0 Å².